The Hall–Kier alpha value is -2.04. The minimum atomic E-state index is -0.164. The van der Waals surface area contributed by atoms with E-state index in [2.05, 4.69) is 5.10 Å². The number of carbonyl (C=O) groups excluding carboxylic acids is 1. The van der Waals surface area contributed by atoms with Gasteiger partial charge < -0.3 is 10.0 Å². The van der Waals surface area contributed by atoms with Crippen LogP contribution < -0.4 is 0 Å². The number of pyridine rings is 1. The summed E-state index contributed by atoms with van der Waals surface area (Å²) in [7, 11) is 3.32. The Morgan fingerprint density at radius 2 is 2.27 bits per heavy atom. The van der Waals surface area contributed by atoms with Gasteiger partial charge in [-0.15, -0.1) is 0 Å². The second-order valence-corrected chi connectivity index (χ2v) is 3.47. The van der Waals surface area contributed by atoms with Crippen molar-refractivity contribution in [3.63, 3.8) is 0 Å². The number of rotatable bonds is 1. The average Bonchev–Trinajstić information content (AvgIpc) is 2.64. The van der Waals surface area contributed by atoms with Crippen LogP contribution in [-0.4, -0.2) is 39.6 Å². The van der Waals surface area contributed by atoms with Crippen LogP contribution in [0.1, 0.15) is 10.4 Å². The van der Waals surface area contributed by atoms with Gasteiger partial charge in [-0.05, 0) is 12.1 Å². The average molecular weight is 205 g/mol. The Balaban J connectivity index is 2.59. The number of fused-ring (bicyclic) bond motifs is 1. The summed E-state index contributed by atoms with van der Waals surface area (Å²) in [4.78, 5) is 13.1. The quantitative estimate of drug-likeness (QED) is 0.747. The van der Waals surface area contributed by atoms with E-state index in [9.17, 15) is 9.90 Å². The molecule has 5 heteroatoms. The lowest BCUT2D eigenvalue weighted by Gasteiger charge is -2.10. The lowest BCUT2D eigenvalue weighted by molar-refractivity contribution is 0.0826. The Kier molecular flexibility index (Phi) is 2.07. The number of aromatic nitrogens is 2. The van der Waals surface area contributed by atoms with Gasteiger partial charge in [0.05, 0.1) is 11.8 Å². The lowest BCUT2D eigenvalue weighted by atomic mass is 10.2. The van der Waals surface area contributed by atoms with Crippen LogP contribution in [-0.2, 0) is 0 Å². The van der Waals surface area contributed by atoms with E-state index in [1.165, 1.54) is 15.5 Å². The van der Waals surface area contributed by atoms with E-state index in [-0.39, 0.29) is 11.7 Å². The van der Waals surface area contributed by atoms with Gasteiger partial charge in [0.25, 0.3) is 5.91 Å². The first kappa shape index (κ1) is 9.51. The highest BCUT2D eigenvalue weighted by Gasteiger charge is 2.11. The first-order valence-electron chi connectivity index (χ1n) is 4.47. The van der Waals surface area contributed by atoms with Crippen LogP contribution in [0.2, 0.25) is 0 Å². The molecule has 0 fully saturated rings. The number of nitrogens with zero attached hydrogens (tertiary/aromatic N) is 3. The Morgan fingerprint density at radius 3 is 2.93 bits per heavy atom. The van der Waals surface area contributed by atoms with Crippen molar-refractivity contribution < 1.29 is 9.90 Å². The smallest absolute Gasteiger partial charge is 0.255 e. The van der Waals surface area contributed by atoms with E-state index in [0.717, 1.165) is 0 Å². The van der Waals surface area contributed by atoms with E-state index >= 15 is 0 Å². The summed E-state index contributed by atoms with van der Waals surface area (Å²) in [5.41, 5.74) is 0.999. The van der Waals surface area contributed by atoms with Gasteiger partial charge in [0.15, 0.2) is 0 Å². The topological polar surface area (TPSA) is 57.8 Å². The van der Waals surface area contributed by atoms with Crippen LogP contribution in [0, 0.1) is 0 Å². The molecular weight excluding hydrogens is 194 g/mol. The van der Waals surface area contributed by atoms with Crippen molar-refractivity contribution in [3.8, 4) is 5.75 Å². The second-order valence-electron chi connectivity index (χ2n) is 3.47. The maximum Gasteiger partial charge on any atom is 0.255 e. The van der Waals surface area contributed by atoms with Gasteiger partial charge in [0.1, 0.15) is 11.3 Å². The van der Waals surface area contributed by atoms with E-state index in [1.54, 1.807) is 32.6 Å². The van der Waals surface area contributed by atoms with Crippen LogP contribution in [0.15, 0.2) is 24.5 Å². The summed E-state index contributed by atoms with van der Waals surface area (Å²) in [5, 5.41) is 13.6. The number of hydrogen-bond donors (Lipinski definition) is 1. The second kappa shape index (κ2) is 3.27. The molecule has 0 spiro atoms. The lowest BCUT2D eigenvalue weighted by Crippen LogP contribution is -2.22. The van der Waals surface area contributed by atoms with Crippen molar-refractivity contribution in [2.24, 2.45) is 0 Å². The molecule has 2 aromatic rings. The monoisotopic (exact) mass is 205 g/mol. The molecule has 15 heavy (non-hydrogen) atoms. The van der Waals surface area contributed by atoms with Gasteiger partial charge in [0.2, 0.25) is 0 Å². The molecule has 2 aromatic heterocycles. The van der Waals surface area contributed by atoms with Crippen LogP contribution >= 0.6 is 0 Å². The van der Waals surface area contributed by atoms with Crippen molar-refractivity contribution in [2.45, 2.75) is 0 Å². The van der Waals surface area contributed by atoms with Crippen LogP contribution in [0.25, 0.3) is 5.52 Å². The van der Waals surface area contributed by atoms with E-state index < -0.39 is 0 Å². The Bertz CT molecular complexity index is 516. The molecule has 78 valence electrons. The van der Waals surface area contributed by atoms with Gasteiger partial charge in [0, 0.05) is 20.3 Å². The molecule has 2 heterocycles. The molecule has 0 aliphatic carbocycles. The molecule has 2 rings (SSSR count). The van der Waals surface area contributed by atoms with Crippen molar-refractivity contribution >= 4 is 11.4 Å². The third-order valence-corrected chi connectivity index (χ3v) is 2.14. The van der Waals surface area contributed by atoms with Crippen LogP contribution in [0.3, 0.4) is 0 Å². The van der Waals surface area contributed by atoms with Gasteiger partial charge >= 0.3 is 0 Å². The maximum absolute atomic E-state index is 11.6. The fraction of sp³-hybridized carbons (Fsp3) is 0.200. The molecule has 0 aliphatic heterocycles. The number of aromatic hydroxyl groups is 1. The zero-order valence-electron chi connectivity index (χ0n) is 8.51. The molecular formula is C10H11N3O2. The summed E-state index contributed by atoms with van der Waals surface area (Å²) in [6.45, 7) is 0. The first-order valence-corrected chi connectivity index (χ1v) is 4.47. The highest BCUT2D eigenvalue weighted by molar-refractivity contribution is 5.94. The van der Waals surface area contributed by atoms with Crippen molar-refractivity contribution in [3.05, 3.63) is 30.1 Å². The summed E-state index contributed by atoms with van der Waals surface area (Å²) >= 11 is 0. The van der Waals surface area contributed by atoms with Gasteiger partial charge in [-0.1, -0.05) is 0 Å². The highest BCUT2D eigenvalue weighted by Crippen LogP contribution is 2.19. The summed E-state index contributed by atoms with van der Waals surface area (Å²) in [6.07, 6.45) is 3.16. The van der Waals surface area contributed by atoms with Crippen molar-refractivity contribution in [1.82, 2.24) is 14.5 Å². The van der Waals surface area contributed by atoms with Crippen molar-refractivity contribution in [1.29, 1.82) is 0 Å². The maximum atomic E-state index is 11.6. The number of carbonyl (C=O) groups is 1. The molecule has 0 unspecified atom stereocenters. The largest absolute Gasteiger partial charge is 0.506 e. The third kappa shape index (κ3) is 1.52. The van der Waals surface area contributed by atoms with Gasteiger partial charge in [-0.2, -0.15) is 5.10 Å². The van der Waals surface area contributed by atoms with E-state index in [1.807, 2.05) is 0 Å². The predicted octanol–water partition coefficient (Wildman–Crippen LogP) is 0.742. The minimum Gasteiger partial charge on any atom is -0.506 e. The van der Waals surface area contributed by atoms with Crippen LogP contribution in [0.4, 0.5) is 0 Å². The number of amides is 1. The number of hydrogen-bond acceptors (Lipinski definition) is 3. The standard InChI is InChI=1S/C10H11N3O2/c1-12(2)10(15)7-5-9(14)8-3-4-11-13(8)6-7/h3-6,14H,1-2H3. The molecule has 0 saturated carbocycles. The normalized spacial score (nSPS) is 10.5. The molecule has 0 radical (unpaired) electrons. The minimum absolute atomic E-state index is 0.0557. The zero-order valence-corrected chi connectivity index (χ0v) is 8.51. The molecule has 0 atom stereocenters. The predicted molar refractivity (Wildman–Crippen MR) is 54.9 cm³/mol. The van der Waals surface area contributed by atoms with E-state index in [0.29, 0.717) is 11.1 Å². The van der Waals surface area contributed by atoms with Crippen molar-refractivity contribution in [2.75, 3.05) is 14.1 Å². The SMILES string of the molecule is CN(C)C(=O)c1cc(O)c2ccnn2c1. The Morgan fingerprint density at radius 1 is 1.53 bits per heavy atom. The molecule has 1 N–H and O–H groups in total. The molecule has 5 nitrogen and oxygen atoms in total. The molecule has 0 saturated heterocycles. The fourth-order valence-electron chi connectivity index (χ4n) is 1.39. The molecule has 0 aliphatic rings. The zero-order chi connectivity index (χ0) is 11.0. The highest BCUT2D eigenvalue weighted by atomic mass is 16.3. The molecule has 0 aromatic carbocycles. The summed E-state index contributed by atoms with van der Waals surface area (Å²) < 4.78 is 1.48. The summed E-state index contributed by atoms with van der Waals surface area (Å²) in [6, 6.07) is 3.12. The first-order chi connectivity index (χ1) is 7.09. The van der Waals surface area contributed by atoms with Gasteiger partial charge in [-0.25, -0.2) is 4.52 Å². The fourth-order valence-corrected chi connectivity index (χ4v) is 1.39. The molecule has 1 amide bonds. The van der Waals surface area contributed by atoms with Gasteiger partial charge in [-0.3, -0.25) is 4.79 Å². The third-order valence-electron chi connectivity index (χ3n) is 2.14. The van der Waals surface area contributed by atoms with Crippen LogP contribution in [0.5, 0.6) is 5.75 Å². The van der Waals surface area contributed by atoms with E-state index in [4.69, 9.17) is 0 Å². The summed E-state index contributed by atoms with van der Waals surface area (Å²) in [5.74, 6) is -0.108. The molecule has 0 bridgehead atoms. The Labute approximate surface area is 86.5 Å².